The predicted octanol–water partition coefficient (Wildman–Crippen LogP) is 3.80. The van der Waals surface area contributed by atoms with Crippen molar-refractivity contribution in [2.45, 2.75) is 70.3 Å². The molecule has 2 N–H and O–H groups in total. The number of aromatic nitrogens is 2. The number of anilines is 1. The number of rotatable bonds is 3. The third kappa shape index (κ3) is 5.81. The average molecular weight is 366 g/mol. The molecule has 0 atom stereocenters. The van der Waals surface area contributed by atoms with Gasteiger partial charge in [-0.05, 0) is 46.5 Å². The average Bonchev–Trinajstić information content (AvgIpc) is 2.87. The number of hydrogen-bond acceptors (Lipinski definition) is 6. The third-order valence-electron chi connectivity index (χ3n) is 3.44. The lowest BCUT2D eigenvalue weighted by atomic mass is 9.91. The van der Waals surface area contributed by atoms with Gasteiger partial charge in [0.1, 0.15) is 5.60 Å². The lowest BCUT2D eigenvalue weighted by molar-refractivity contribution is -0.138. The van der Waals surface area contributed by atoms with Crippen LogP contribution < -0.4 is 10.6 Å². The van der Waals surface area contributed by atoms with Crippen molar-refractivity contribution in [3.8, 4) is 0 Å². The number of carbonyl (C=O) groups is 1. The van der Waals surface area contributed by atoms with Crippen LogP contribution in [0.1, 0.15) is 51.5 Å². The highest BCUT2D eigenvalue weighted by Crippen LogP contribution is 2.34. The maximum absolute atomic E-state index is 12.5. The van der Waals surface area contributed by atoms with Gasteiger partial charge >= 0.3 is 12.3 Å². The molecule has 2 rings (SSSR count). The highest BCUT2D eigenvalue weighted by molar-refractivity contribution is 7.15. The molecule has 6 nitrogen and oxygen atoms in total. The monoisotopic (exact) mass is 366 g/mol. The highest BCUT2D eigenvalue weighted by atomic mass is 32.1. The predicted molar refractivity (Wildman–Crippen MR) is 83.9 cm³/mol. The smallest absolute Gasteiger partial charge is 0.444 e. The summed E-state index contributed by atoms with van der Waals surface area (Å²) >= 11 is 0.503. The van der Waals surface area contributed by atoms with Gasteiger partial charge in [-0.3, -0.25) is 0 Å². The minimum atomic E-state index is -4.47. The van der Waals surface area contributed by atoms with Crippen LogP contribution in [-0.2, 0) is 10.9 Å². The number of nitrogens with one attached hydrogen (secondary N) is 2. The standard InChI is InChI=1S/C14H21F3N4O2S/c1-13(2,3)23-12(22)19-9-6-4-8(5-7-9)18-11-21-20-10(24-11)14(15,16)17/h8-9H,4-7H2,1-3H3,(H,18,21)(H,19,22). The number of halogens is 3. The van der Waals surface area contributed by atoms with Gasteiger partial charge < -0.3 is 15.4 Å². The van der Waals surface area contributed by atoms with Crippen LogP contribution in [0.2, 0.25) is 0 Å². The zero-order chi connectivity index (χ0) is 18.0. The van der Waals surface area contributed by atoms with E-state index in [1.165, 1.54) is 0 Å². The second-order valence-corrected chi connectivity index (χ2v) is 7.73. The van der Waals surface area contributed by atoms with Crippen molar-refractivity contribution in [2.24, 2.45) is 0 Å². The fourth-order valence-corrected chi connectivity index (χ4v) is 3.11. The molecule has 136 valence electrons. The Labute approximate surface area is 142 Å². The summed E-state index contributed by atoms with van der Waals surface area (Å²) in [5.74, 6) is 0. The second-order valence-electron chi connectivity index (χ2n) is 6.75. The van der Waals surface area contributed by atoms with Gasteiger partial charge in [0.25, 0.3) is 0 Å². The maximum Gasteiger partial charge on any atom is 0.445 e. The topological polar surface area (TPSA) is 76.1 Å². The highest BCUT2D eigenvalue weighted by Gasteiger charge is 2.36. The summed E-state index contributed by atoms with van der Waals surface area (Å²) in [5, 5.41) is 11.7. The molecule has 1 aromatic rings. The summed E-state index contributed by atoms with van der Waals surface area (Å²) in [5.41, 5.74) is -0.545. The van der Waals surface area contributed by atoms with E-state index in [4.69, 9.17) is 4.74 Å². The van der Waals surface area contributed by atoms with Crippen LogP contribution in [0.4, 0.5) is 23.1 Å². The molecule has 24 heavy (non-hydrogen) atoms. The number of carbonyl (C=O) groups excluding carboxylic acids is 1. The van der Waals surface area contributed by atoms with E-state index in [9.17, 15) is 18.0 Å². The lowest BCUT2D eigenvalue weighted by Crippen LogP contribution is -2.42. The molecule has 0 saturated heterocycles. The molecule has 0 aromatic carbocycles. The summed E-state index contributed by atoms with van der Waals surface area (Å²) in [6.45, 7) is 5.39. The SMILES string of the molecule is CC(C)(C)OC(=O)NC1CCC(Nc2nnc(C(F)(F)F)s2)CC1. The van der Waals surface area contributed by atoms with Gasteiger partial charge in [0.2, 0.25) is 10.1 Å². The largest absolute Gasteiger partial charge is 0.445 e. The van der Waals surface area contributed by atoms with Crippen LogP contribution in [0.25, 0.3) is 0 Å². The Balaban J connectivity index is 1.77. The van der Waals surface area contributed by atoms with Crippen LogP contribution in [-0.4, -0.2) is 34.0 Å². The van der Waals surface area contributed by atoms with E-state index in [1.54, 1.807) is 20.8 Å². The van der Waals surface area contributed by atoms with E-state index in [0.717, 1.165) is 25.7 Å². The van der Waals surface area contributed by atoms with Gasteiger partial charge in [0.15, 0.2) is 0 Å². The van der Waals surface area contributed by atoms with Crippen LogP contribution in [0.15, 0.2) is 0 Å². The third-order valence-corrected chi connectivity index (χ3v) is 4.34. The molecule has 1 saturated carbocycles. The van der Waals surface area contributed by atoms with Crippen molar-refractivity contribution in [1.29, 1.82) is 0 Å². The Kier molecular flexibility index (Phi) is 5.56. The second kappa shape index (κ2) is 7.12. The lowest BCUT2D eigenvalue weighted by Gasteiger charge is -2.30. The van der Waals surface area contributed by atoms with Crippen LogP contribution in [0.5, 0.6) is 0 Å². The Morgan fingerprint density at radius 1 is 1.12 bits per heavy atom. The van der Waals surface area contributed by atoms with Gasteiger partial charge in [-0.2, -0.15) is 13.2 Å². The number of ether oxygens (including phenoxy) is 1. The summed E-state index contributed by atoms with van der Waals surface area (Å²) in [6, 6.07) is 0.0359. The molecule has 0 radical (unpaired) electrons. The maximum atomic E-state index is 12.5. The van der Waals surface area contributed by atoms with E-state index in [-0.39, 0.29) is 17.2 Å². The minimum Gasteiger partial charge on any atom is -0.444 e. The van der Waals surface area contributed by atoms with Gasteiger partial charge in [0, 0.05) is 12.1 Å². The molecule has 1 aliphatic carbocycles. The molecule has 0 aliphatic heterocycles. The molecule has 1 aromatic heterocycles. The van der Waals surface area contributed by atoms with Gasteiger partial charge in [-0.1, -0.05) is 11.3 Å². The Bertz CT molecular complexity index is 563. The van der Waals surface area contributed by atoms with Crippen LogP contribution in [0, 0.1) is 0 Å². The first-order valence-electron chi connectivity index (χ1n) is 7.70. The van der Waals surface area contributed by atoms with Crippen LogP contribution in [0.3, 0.4) is 0 Å². The quantitative estimate of drug-likeness (QED) is 0.851. The van der Waals surface area contributed by atoms with Crippen molar-refractivity contribution < 1.29 is 22.7 Å². The number of alkyl carbamates (subject to hydrolysis) is 1. The number of nitrogens with zero attached hydrogens (tertiary/aromatic N) is 2. The molecule has 0 spiro atoms. The van der Waals surface area contributed by atoms with Crippen molar-refractivity contribution in [1.82, 2.24) is 15.5 Å². The first kappa shape index (κ1) is 18.8. The molecular weight excluding hydrogens is 345 g/mol. The van der Waals surface area contributed by atoms with Gasteiger partial charge in [0.05, 0.1) is 0 Å². The van der Waals surface area contributed by atoms with E-state index >= 15 is 0 Å². The molecule has 1 heterocycles. The van der Waals surface area contributed by atoms with E-state index in [2.05, 4.69) is 20.8 Å². The van der Waals surface area contributed by atoms with Crippen molar-refractivity contribution in [3.63, 3.8) is 0 Å². The van der Waals surface area contributed by atoms with Gasteiger partial charge in [-0.25, -0.2) is 4.79 Å². The summed E-state index contributed by atoms with van der Waals surface area (Å²) in [6.07, 6.45) is -2.02. The molecular formula is C14H21F3N4O2S. The molecule has 10 heteroatoms. The zero-order valence-electron chi connectivity index (χ0n) is 13.7. The van der Waals surface area contributed by atoms with Crippen molar-refractivity contribution >= 4 is 22.6 Å². The van der Waals surface area contributed by atoms with Crippen molar-refractivity contribution in [2.75, 3.05) is 5.32 Å². The zero-order valence-corrected chi connectivity index (χ0v) is 14.6. The summed E-state index contributed by atoms with van der Waals surface area (Å²) in [7, 11) is 0. The Morgan fingerprint density at radius 3 is 2.21 bits per heavy atom. The minimum absolute atomic E-state index is 0.0121. The summed E-state index contributed by atoms with van der Waals surface area (Å²) < 4.78 is 42.7. The van der Waals surface area contributed by atoms with Crippen LogP contribution >= 0.6 is 11.3 Å². The first-order chi connectivity index (χ1) is 11.0. The number of alkyl halides is 3. The Morgan fingerprint density at radius 2 is 1.71 bits per heavy atom. The van der Waals surface area contributed by atoms with E-state index in [1.807, 2.05) is 0 Å². The van der Waals surface area contributed by atoms with E-state index in [0.29, 0.717) is 11.3 Å². The number of amides is 1. The molecule has 1 aliphatic rings. The molecule has 1 fully saturated rings. The molecule has 1 amide bonds. The number of hydrogen-bond donors (Lipinski definition) is 2. The fourth-order valence-electron chi connectivity index (χ4n) is 2.43. The normalized spacial score (nSPS) is 22.1. The molecule has 0 bridgehead atoms. The fraction of sp³-hybridized carbons (Fsp3) is 0.786. The molecule has 0 unspecified atom stereocenters. The van der Waals surface area contributed by atoms with E-state index < -0.39 is 22.9 Å². The van der Waals surface area contributed by atoms with Crippen molar-refractivity contribution in [3.05, 3.63) is 5.01 Å². The first-order valence-corrected chi connectivity index (χ1v) is 8.51. The van der Waals surface area contributed by atoms with Gasteiger partial charge in [-0.15, -0.1) is 10.2 Å². The Hall–Kier alpha value is -1.58. The summed E-state index contributed by atoms with van der Waals surface area (Å²) in [4.78, 5) is 11.7.